The second-order valence-corrected chi connectivity index (χ2v) is 6.21. The number of anilines is 1. The lowest BCUT2D eigenvalue weighted by Gasteiger charge is -2.10. The number of aryl methyl sites for hydroxylation is 1. The minimum atomic E-state index is 0.286. The van der Waals surface area contributed by atoms with Crippen LogP contribution in [0.4, 0.5) is 5.82 Å². The lowest BCUT2D eigenvalue weighted by atomic mass is 10.2. The number of hydrogen-bond acceptors (Lipinski definition) is 6. The Balaban J connectivity index is 2.28. The van der Waals surface area contributed by atoms with Gasteiger partial charge in [0, 0.05) is 25.6 Å². The molecule has 0 aromatic carbocycles. The fourth-order valence-electron chi connectivity index (χ4n) is 1.67. The molecule has 0 aliphatic carbocycles. The van der Waals surface area contributed by atoms with E-state index in [0.717, 1.165) is 40.6 Å². The lowest BCUT2D eigenvalue weighted by Crippen LogP contribution is -2.07. The Bertz CT molecular complexity index is 608. The Labute approximate surface area is 129 Å². The quantitative estimate of drug-likeness (QED) is 0.827. The first-order chi connectivity index (χ1) is 10.0. The van der Waals surface area contributed by atoms with E-state index in [1.807, 2.05) is 24.6 Å². The van der Waals surface area contributed by atoms with Crippen LogP contribution >= 0.6 is 11.8 Å². The van der Waals surface area contributed by atoms with Gasteiger partial charge < -0.3 is 9.88 Å². The summed E-state index contributed by atoms with van der Waals surface area (Å²) in [5, 5.41) is 13.3. The fourth-order valence-corrected chi connectivity index (χ4v) is 2.51. The van der Waals surface area contributed by atoms with Crippen LogP contribution in [0.25, 0.3) is 0 Å². The Morgan fingerprint density at radius 2 is 2.05 bits per heavy atom. The van der Waals surface area contributed by atoms with Crippen LogP contribution in [0.1, 0.15) is 44.8 Å². The van der Waals surface area contributed by atoms with Crippen LogP contribution in [0, 0.1) is 6.92 Å². The van der Waals surface area contributed by atoms with Gasteiger partial charge in [0.05, 0.1) is 0 Å². The van der Waals surface area contributed by atoms with Crippen molar-refractivity contribution in [1.29, 1.82) is 0 Å². The summed E-state index contributed by atoms with van der Waals surface area (Å²) in [6.07, 6.45) is 1.06. The van der Waals surface area contributed by atoms with Gasteiger partial charge in [0.25, 0.3) is 0 Å². The number of rotatable bonds is 6. The first-order valence-corrected chi connectivity index (χ1v) is 7.99. The summed E-state index contributed by atoms with van der Waals surface area (Å²) >= 11 is 1.51. The van der Waals surface area contributed by atoms with Gasteiger partial charge >= 0.3 is 0 Å². The van der Waals surface area contributed by atoms with Gasteiger partial charge in [0.2, 0.25) is 0 Å². The van der Waals surface area contributed by atoms with Crippen LogP contribution in [-0.2, 0) is 7.05 Å². The third kappa shape index (κ3) is 3.93. The van der Waals surface area contributed by atoms with Crippen molar-refractivity contribution >= 4 is 17.6 Å². The monoisotopic (exact) mass is 306 g/mol. The maximum Gasteiger partial charge on any atom is 0.197 e. The van der Waals surface area contributed by atoms with Crippen LogP contribution < -0.4 is 5.32 Å². The standard InChI is InChI=1S/C14H22N6S/c1-6-7-15-11-8-12(17-13(16-11)9(2)3)21-14-19-18-10(4)20(14)5/h8-9H,6-7H2,1-5H3,(H,15,16,17). The summed E-state index contributed by atoms with van der Waals surface area (Å²) in [5.74, 6) is 2.89. The molecule has 7 heteroatoms. The smallest absolute Gasteiger partial charge is 0.197 e. The zero-order chi connectivity index (χ0) is 15.4. The maximum atomic E-state index is 4.62. The van der Waals surface area contributed by atoms with Crippen LogP contribution in [0.3, 0.4) is 0 Å². The highest BCUT2D eigenvalue weighted by molar-refractivity contribution is 7.99. The molecular formula is C14H22N6S. The van der Waals surface area contributed by atoms with Crippen molar-refractivity contribution in [3.05, 3.63) is 17.7 Å². The Morgan fingerprint density at radius 1 is 1.29 bits per heavy atom. The van der Waals surface area contributed by atoms with Crippen LogP contribution in [0.2, 0.25) is 0 Å². The molecule has 1 N–H and O–H groups in total. The van der Waals surface area contributed by atoms with Crippen molar-refractivity contribution in [2.24, 2.45) is 7.05 Å². The highest BCUT2D eigenvalue weighted by Crippen LogP contribution is 2.27. The molecule has 114 valence electrons. The molecule has 0 bridgehead atoms. The fraction of sp³-hybridized carbons (Fsp3) is 0.571. The SMILES string of the molecule is CCCNc1cc(Sc2nnc(C)n2C)nc(C(C)C)n1. The number of hydrogen-bond donors (Lipinski definition) is 1. The normalized spacial score (nSPS) is 11.1. The van der Waals surface area contributed by atoms with Gasteiger partial charge in [-0.3, -0.25) is 0 Å². The molecule has 2 heterocycles. The van der Waals surface area contributed by atoms with E-state index < -0.39 is 0 Å². The highest BCUT2D eigenvalue weighted by Gasteiger charge is 2.12. The van der Waals surface area contributed by atoms with E-state index in [9.17, 15) is 0 Å². The molecule has 0 amide bonds. The Morgan fingerprint density at radius 3 is 2.62 bits per heavy atom. The molecule has 21 heavy (non-hydrogen) atoms. The summed E-state index contributed by atoms with van der Waals surface area (Å²) < 4.78 is 1.96. The predicted octanol–water partition coefficient (Wildman–Crippen LogP) is 3.01. The molecule has 6 nitrogen and oxygen atoms in total. The summed E-state index contributed by atoms with van der Waals surface area (Å²) in [4.78, 5) is 9.18. The highest BCUT2D eigenvalue weighted by atomic mass is 32.2. The lowest BCUT2D eigenvalue weighted by molar-refractivity contribution is 0.745. The van der Waals surface area contributed by atoms with Gasteiger partial charge in [-0.2, -0.15) is 0 Å². The molecule has 2 aromatic heterocycles. The zero-order valence-electron chi connectivity index (χ0n) is 13.2. The molecule has 0 atom stereocenters. The predicted molar refractivity (Wildman–Crippen MR) is 84.8 cm³/mol. The molecular weight excluding hydrogens is 284 g/mol. The van der Waals surface area contributed by atoms with Crippen molar-refractivity contribution < 1.29 is 0 Å². The average Bonchev–Trinajstić information content (AvgIpc) is 2.77. The molecule has 2 rings (SSSR count). The third-order valence-corrected chi connectivity index (χ3v) is 4.00. The van der Waals surface area contributed by atoms with Gasteiger partial charge in [-0.1, -0.05) is 20.8 Å². The van der Waals surface area contributed by atoms with Gasteiger partial charge in [-0.05, 0) is 25.1 Å². The molecule has 0 saturated heterocycles. The number of nitrogens with zero attached hydrogens (tertiary/aromatic N) is 5. The average molecular weight is 306 g/mol. The first-order valence-electron chi connectivity index (χ1n) is 7.18. The minimum Gasteiger partial charge on any atom is -0.370 e. The van der Waals surface area contributed by atoms with E-state index in [1.54, 1.807) is 0 Å². The van der Waals surface area contributed by atoms with Crippen molar-refractivity contribution in [3.8, 4) is 0 Å². The Hall–Kier alpha value is -1.63. The van der Waals surface area contributed by atoms with Crippen LogP contribution in [0.15, 0.2) is 16.2 Å². The van der Waals surface area contributed by atoms with E-state index in [0.29, 0.717) is 0 Å². The molecule has 0 saturated carbocycles. The van der Waals surface area contributed by atoms with E-state index in [-0.39, 0.29) is 5.92 Å². The van der Waals surface area contributed by atoms with E-state index >= 15 is 0 Å². The van der Waals surface area contributed by atoms with E-state index in [4.69, 9.17) is 0 Å². The van der Waals surface area contributed by atoms with Gasteiger partial charge in [0.15, 0.2) is 5.16 Å². The van der Waals surface area contributed by atoms with Crippen LogP contribution in [-0.4, -0.2) is 31.3 Å². The van der Waals surface area contributed by atoms with Gasteiger partial charge in [-0.15, -0.1) is 10.2 Å². The molecule has 0 aliphatic heterocycles. The zero-order valence-corrected chi connectivity index (χ0v) is 14.0. The van der Waals surface area contributed by atoms with Gasteiger partial charge in [-0.25, -0.2) is 9.97 Å². The number of nitrogens with one attached hydrogen (secondary N) is 1. The summed E-state index contributed by atoms with van der Waals surface area (Å²) in [6, 6.07) is 1.97. The largest absolute Gasteiger partial charge is 0.370 e. The first kappa shape index (κ1) is 15.8. The molecule has 0 spiro atoms. The summed E-state index contributed by atoms with van der Waals surface area (Å²) in [5.41, 5.74) is 0. The van der Waals surface area contributed by atoms with E-state index in [1.165, 1.54) is 11.8 Å². The van der Waals surface area contributed by atoms with Crippen molar-refractivity contribution in [3.63, 3.8) is 0 Å². The Kier molecular flexibility index (Phi) is 5.17. The third-order valence-electron chi connectivity index (χ3n) is 3.04. The molecule has 0 unspecified atom stereocenters. The van der Waals surface area contributed by atoms with E-state index in [2.05, 4.69) is 46.3 Å². The molecule has 0 radical (unpaired) electrons. The van der Waals surface area contributed by atoms with Crippen molar-refractivity contribution in [2.45, 2.75) is 50.2 Å². The second-order valence-electron chi connectivity index (χ2n) is 5.22. The summed E-state index contributed by atoms with van der Waals surface area (Å²) in [6.45, 7) is 9.17. The van der Waals surface area contributed by atoms with Gasteiger partial charge in [0.1, 0.15) is 22.5 Å². The topological polar surface area (TPSA) is 68.5 Å². The molecule has 0 fully saturated rings. The molecule has 2 aromatic rings. The maximum absolute atomic E-state index is 4.62. The second kappa shape index (κ2) is 6.89. The summed E-state index contributed by atoms with van der Waals surface area (Å²) in [7, 11) is 1.96. The number of aromatic nitrogens is 5. The van der Waals surface area contributed by atoms with Crippen molar-refractivity contribution in [1.82, 2.24) is 24.7 Å². The molecule has 0 aliphatic rings. The minimum absolute atomic E-state index is 0.286. The van der Waals surface area contributed by atoms with Crippen molar-refractivity contribution in [2.75, 3.05) is 11.9 Å². The van der Waals surface area contributed by atoms with Crippen LogP contribution in [0.5, 0.6) is 0 Å².